The Balaban J connectivity index is 2.09. The fourth-order valence-electron chi connectivity index (χ4n) is 2.10. The van der Waals surface area contributed by atoms with Crippen LogP contribution in [0.5, 0.6) is 11.5 Å². The maximum Gasteiger partial charge on any atom is 0.239 e. The Hall–Kier alpha value is -2.49. The van der Waals surface area contributed by atoms with Gasteiger partial charge in [0.25, 0.3) is 0 Å². The number of likely N-dealkylation sites (N-methyl/N-ethyl adjacent to an activating group) is 1. The highest BCUT2D eigenvalue weighted by molar-refractivity contribution is 5.81. The maximum atomic E-state index is 11.9. The molecule has 1 N–H and O–H groups in total. The first kappa shape index (κ1) is 15.9. The predicted octanol–water partition coefficient (Wildman–Crippen LogP) is 3.44. The van der Waals surface area contributed by atoms with E-state index in [1.807, 2.05) is 73.5 Å². The van der Waals surface area contributed by atoms with Gasteiger partial charge in [-0.3, -0.25) is 4.79 Å². The summed E-state index contributed by atoms with van der Waals surface area (Å²) < 4.78 is 5.92. The van der Waals surface area contributed by atoms with Crippen LogP contribution in [0.15, 0.2) is 54.6 Å². The van der Waals surface area contributed by atoms with Gasteiger partial charge in [-0.2, -0.15) is 0 Å². The molecule has 0 aromatic heterocycles. The zero-order valence-corrected chi connectivity index (χ0v) is 13.1. The van der Waals surface area contributed by atoms with Crippen LogP contribution >= 0.6 is 0 Å². The van der Waals surface area contributed by atoms with Crippen molar-refractivity contribution in [3.05, 3.63) is 54.6 Å². The average molecular weight is 298 g/mol. The van der Waals surface area contributed by atoms with Crippen LogP contribution in [-0.2, 0) is 4.79 Å². The monoisotopic (exact) mass is 298 g/mol. The minimum absolute atomic E-state index is 0.0128. The standard InChI is InChI=1S/C18H22N2O2/c1-3-13-19-18(21)14-20(2)16-11-7-8-12-17(16)22-15-9-5-4-6-10-15/h4-12H,3,13-14H2,1-2H3,(H,19,21). The summed E-state index contributed by atoms with van der Waals surface area (Å²) in [6.07, 6.45) is 0.934. The molecule has 0 fully saturated rings. The van der Waals surface area contributed by atoms with E-state index in [1.165, 1.54) is 0 Å². The molecule has 0 heterocycles. The molecule has 2 rings (SSSR count). The van der Waals surface area contributed by atoms with Gasteiger partial charge in [0.1, 0.15) is 5.75 Å². The predicted molar refractivity (Wildman–Crippen MR) is 89.5 cm³/mol. The molecule has 2 aromatic carbocycles. The van der Waals surface area contributed by atoms with E-state index < -0.39 is 0 Å². The lowest BCUT2D eigenvalue weighted by molar-refractivity contribution is -0.119. The summed E-state index contributed by atoms with van der Waals surface area (Å²) >= 11 is 0. The molecule has 1 amide bonds. The number of carbonyl (C=O) groups is 1. The molecule has 4 heteroatoms. The number of hydrogen-bond donors (Lipinski definition) is 1. The molecule has 0 aliphatic rings. The van der Waals surface area contributed by atoms with Crippen LogP contribution in [-0.4, -0.2) is 26.0 Å². The largest absolute Gasteiger partial charge is 0.455 e. The van der Waals surface area contributed by atoms with Gasteiger partial charge in [0.05, 0.1) is 12.2 Å². The highest BCUT2D eigenvalue weighted by atomic mass is 16.5. The number of hydrogen-bond acceptors (Lipinski definition) is 3. The smallest absolute Gasteiger partial charge is 0.239 e. The molecule has 4 nitrogen and oxygen atoms in total. The minimum atomic E-state index is 0.0128. The zero-order valence-electron chi connectivity index (χ0n) is 13.1. The molecular formula is C18H22N2O2. The summed E-state index contributed by atoms with van der Waals surface area (Å²) in [7, 11) is 1.89. The van der Waals surface area contributed by atoms with Gasteiger partial charge in [-0.1, -0.05) is 37.3 Å². The Morgan fingerprint density at radius 2 is 1.77 bits per heavy atom. The molecule has 116 valence electrons. The van der Waals surface area contributed by atoms with Gasteiger partial charge >= 0.3 is 0 Å². The fourth-order valence-corrected chi connectivity index (χ4v) is 2.10. The lowest BCUT2D eigenvalue weighted by atomic mass is 10.2. The molecule has 0 saturated heterocycles. The number of rotatable bonds is 7. The van der Waals surface area contributed by atoms with Crippen LogP contribution in [0, 0.1) is 0 Å². The molecule has 0 spiro atoms. The highest BCUT2D eigenvalue weighted by Gasteiger charge is 2.12. The van der Waals surface area contributed by atoms with Crippen molar-refractivity contribution < 1.29 is 9.53 Å². The van der Waals surface area contributed by atoms with Gasteiger partial charge < -0.3 is 15.0 Å². The number of amides is 1. The highest BCUT2D eigenvalue weighted by Crippen LogP contribution is 2.31. The fraction of sp³-hybridized carbons (Fsp3) is 0.278. The Bertz CT molecular complexity index is 599. The zero-order chi connectivity index (χ0) is 15.8. The number of benzene rings is 2. The van der Waals surface area contributed by atoms with Crippen LogP contribution < -0.4 is 15.0 Å². The third-order valence-electron chi connectivity index (χ3n) is 3.20. The van der Waals surface area contributed by atoms with Crippen LogP contribution in [0.25, 0.3) is 0 Å². The molecule has 2 aromatic rings. The topological polar surface area (TPSA) is 41.6 Å². The second-order valence-corrected chi connectivity index (χ2v) is 5.09. The number of anilines is 1. The van der Waals surface area contributed by atoms with E-state index in [1.54, 1.807) is 0 Å². The number of para-hydroxylation sites is 3. The Morgan fingerprint density at radius 1 is 1.09 bits per heavy atom. The van der Waals surface area contributed by atoms with Gasteiger partial charge in [-0.15, -0.1) is 0 Å². The second-order valence-electron chi connectivity index (χ2n) is 5.09. The normalized spacial score (nSPS) is 10.1. The van der Waals surface area contributed by atoms with Gasteiger partial charge in [0, 0.05) is 13.6 Å². The lowest BCUT2D eigenvalue weighted by Gasteiger charge is -2.21. The average Bonchev–Trinajstić information content (AvgIpc) is 2.54. The molecule has 0 radical (unpaired) electrons. The molecule has 0 bridgehead atoms. The van der Waals surface area contributed by atoms with Crippen molar-refractivity contribution >= 4 is 11.6 Å². The molecule has 0 aliphatic heterocycles. The van der Waals surface area contributed by atoms with Crippen LogP contribution in [0.1, 0.15) is 13.3 Å². The van der Waals surface area contributed by atoms with Crippen molar-refractivity contribution in [2.45, 2.75) is 13.3 Å². The van der Waals surface area contributed by atoms with E-state index in [-0.39, 0.29) is 5.91 Å². The van der Waals surface area contributed by atoms with E-state index in [0.717, 1.165) is 23.6 Å². The van der Waals surface area contributed by atoms with Crippen LogP contribution in [0.2, 0.25) is 0 Å². The molecular weight excluding hydrogens is 276 g/mol. The van der Waals surface area contributed by atoms with Crippen LogP contribution in [0.4, 0.5) is 5.69 Å². The molecule has 0 saturated carbocycles. The molecule has 22 heavy (non-hydrogen) atoms. The summed E-state index contributed by atoms with van der Waals surface area (Å²) in [5.41, 5.74) is 0.887. The summed E-state index contributed by atoms with van der Waals surface area (Å²) in [6.45, 7) is 3.04. The van der Waals surface area contributed by atoms with Crippen molar-refractivity contribution in [3.63, 3.8) is 0 Å². The number of ether oxygens (including phenoxy) is 1. The second kappa shape index (κ2) is 8.08. The van der Waals surface area contributed by atoms with Crippen LogP contribution in [0.3, 0.4) is 0 Å². The van der Waals surface area contributed by atoms with E-state index in [2.05, 4.69) is 5.32 Å². The first-order valence-corrected chi connectivity index (χ1v) is 7.50. The maximum absolute atomic E-state index is 11.9. The van der Waals surface area contributed by atoms with Crippen molar-refractivity contribution in [2.24, 2.45) is 0 Å². The Morgan fingerprint density at radius 3 is 2.50 bits per heavy atom. The third kappa shape index (κ3) is 4.52. The lowest BCUT2D eigenvalue weighted by Crippen LogP contribution is -2.35. The van der Waals surface area contributed by atoms with E-state index in [4.69, 9.17) is 4.74 Å². The van der Waals surface area contributed by atoms with Crippen molar-refractivity contribution in [1.82, 2.24) is 5.32 Å². The summed E-state index contributed by atoms with van der Waals surface area (Å²) in [4.78, 5) is 13.8. The van der Waals surface area contributed by atoms with Gasteiger partial charge in [0.15, 0.2) is 5.75 Å². The molecule has 0 unspecified atom stereocenters. The number of carbonyl (C=O) groups excluding carboxylic acids is 1. The van der Waals surface area contributed by atoms with Gasteiger partial charge in [-0.25, -0.2) is 0 Å². The van der Waals surface area contributed by atoms with E-state index in [9.17, 15) is 4.79 Å². The summed E-state index contributed by atoms with van der Waals surface area (Å²) in [5, 5.41) is 2.88. The van der Waals surface area contributed by atoms with E-state index >= 15 is 0 Å². The van der Waals surface area contributed by atoms with Gasteiger partial charge in [0.2, 0.25) is 5.91 Å². The Labute approximate surface area is 131 Å². The number of nitrogens with one attached hydrogen (secondary N) is 1. The molecule has 0 atom stereocenters. The van der Waals surface area contributed by atoms with Crippen molar-refractivity contribution in [2.75, 3.05) is 25.0 Å². The van der Waals surface area contributed by atoms with Crippen molar-refractivity contribution in [1.29, 1.82) is 0 Å². The quantitative estimate of drug-likeness (QED) is 0.851. The third-order valence-corrected chi connectivity index (χ3v) is 3.20. The van der Waals surface area contributed by atoms with E-state index in [0.29, 0.717) is 13.1 Å². The minimum Gasteiger partial charge on any atom is -0.455 e. The van der Waals surface area contributed by atoms with Gasteiger partial charge in [-0.05, 0) is 30.7 Å². The Kier molecular flexibility index (Phi) is 5.83. The molecule has 0 aliphatic carbocycles. The summed E-state index contributed by atoms with van der Waals surface area (Å²) in [6, 6.07) is 17.3. The first-order chi connectivity index (χ1) is 10.7. The SMILES string of the molecule is CCCNC(=O)CN(C)c1ccccc1Oc1ccccc1. The van der Waals surface area contributed by atoms with Crippen molar-refractivity contribution in [3.8, 4) is 11.5 Å². The summed E-state index contributed by atoms with van der Waals surface area (Å²) in [5.74, 6) is 1.53. The number of nitrogens with zero attached hydrogens (tertiary/aromatic N) is 1. The first-order valence-electron chi connectivity index (χ1n) is 7.50.